The maximum absolute atomic E-state index is 12.7. The fourth-order valence-electron chi connectivity index (χ4n) is 3.44. The molecule has 0 bridgehead atoms. The van der Waals surface area contributed by atoms with Crippen LogP contribution in [0.4, 0.5) is 0 Å². The summed E-state index contributed by atoms with van der Waals surface area (Å²) in [6, 6.07) is 13.4. The number of para-hydroxylation sites is 1. The van der Waals surface area contributed by atoms with Crippen LogP contribution in [-0.2, 0) is 16.8 Å². The first kappa shape index (κ1) is 18.1. The molecule has 0 radical (unpaired) electrons. The number of ether oxygens (including phenoxy) is 3. The number of carbonyl (C=O) groups is 1. The number of rotatable bonds is 5. The lowest BCUT2D eigenvalue weighted by atomic mass is 9.78. The van der Waals surface area contributed by atoms with Gasteiger partial charge in [0.25, 0.3) is 5.91 Å². The van der Waals surface area contributed by atoms with Crippen molar-refractivity contribution in [3.8, 4) is 17.2 Å². The summed E-state index contributed by atoms with van der Waals surface area (Å²) in [6.07, 6.45) is 0. The lowest BCUT2D eigenvalue weighted by molar-refractivity contribution is -0.135. The first-order chi connectivity index (χ1) is 12.4. The Hall–Kier alpha value is -2.69. The van der Waals surface area contributed by atoms with Gasteiger partial charge in [-0.1, -0.05) is 32.0 Å². The zero-order valence-corrected chi connectivity index (χ0v) is 15.7. The van der Waals surface area contributed by atoms with Crippen molar-refractivity contribution >= 4 is 5.91 Å². The number of carbonyl (C=O) groups excluding carboxylic acids is 1. The summed E-state index contributed by atoms with van der Waals surface area (Å²) in [5.74, 6) is 2.06. The Balaban J connectivity index is 1.79. The van der Waals surface area contributed by atoms with E-state index in [0.29, 0.717) is 30.3 Å². The highest BCUT2D eigenvalue weighted by Gasteiger charge is 2.35. The molecule has 1 aliphatic heterocycles. The van der Waals surface area contributed by atoms with Crippen molar-refractivity contribution in [3.63, 3.8) is 0 Å². The Kier molecular flexibility index (Phi) is 5.07. The monoisotopic (exact) mass is 355 g/mol. The predicted octanol–water partition coefficient (Wildman–Crippen LogP) is 3.40. The predicted molar refractivity (Wildman–Crippen MR) is 99.9 cm³/mol. The molecule has 0 aromatic heterocycles. The summed E-state index contributed by atoms with van der Waals surface area (Å²) in [7, 11) is 3.26. The van der Waals surface area contributed by atoms with E-state index in [9.17, 15) is 4.79 Å². The van der Waals surface area contributed by atoms with Crippen LogP contribution >= 0.6 is 0 Å². The van der Waals surface area contributed by atoms with Crippen molar-refractivity contribution in [2.24, 2.45) is 0 Å². The van der Waals surface area contributed by atoms with Crippen molar-refractivity contribution in [1.29, 1.82) is 0 Å². The zero-order valence-electron chi connectivity index (χ0n) is 15.7. The summed E-state index contributed by atoms with van der Waals surface area (Å²) >= 11 is 0. The van der Waals surface area contributed by atoms with E-state index in [-0.39, 0.29) is 17.9 Å². The molecule has 0 saturated carbocycles. The number of benzene rings is 2. The summed E-state index contributed by atoms with van der Waals surface area (Å²) in [5.41, 5.74) is 2.07. The van der Waals surface area contributed by atoms with E-state index >= 15 is 0 Å². The standard InChI is InChI=1S/C21H25NO4/c1-21(2)14-22(20(23)13-26-16-8-6-5-7-9-16)12-15-10-18(24-3)19(25-4)11-17(15)21/h5-11H,12-14H2,1-4H3. The summed E-state index contributed by atoms with van der Waals surface area (Å²) in [5, 5.41) is 0. The van der Waals surface area contributed by atoms with Gasteiger partial charge in [-0.15, -0.1) is 0 Å². The van der Waals surface area contributed by atoms with E-state index in [4.69, 9.17) is 14.2 Å². The Morgan fingerprint density at radius 3 is 2.38 bits per heavy atom. The van der Waals surface area contributed by atoms with Crippen LogP contribution in [0, 0.1) is 0 Å². The molecule has 0 N–H and O–H groups in total. The van der Waals surface area contributed by atoms with E-state index in [1.54, 1.807) is 14.2 Å². The number of hydrogen-bond donors (Lipinski definition) is 0. The SMILES string of the molecule is COc1cc2c(cc1OC)C(C)(C)CN(C(=O)COc1ccccc1)C2. The van der Waals surface area contributed by atoms with Crippen molar-refractivity contribution in [3.05, 3.63) is 53.6 Å². The van der Waals surface area contributed by atoms with E-state index in [2.05, 4.69) is 13.8 Å². The molecule has 0 unspecified atom stereocenters. The van der Waals surface area contributed by atoms with Crippen LogP contribution in [-0.4, -0.2) is 38.2 Å². The van der Waals surface area contributed by atoms with Crippen LogP contribution in [0.15, 0.2) is 42.5 Å². The van der Waals surface area contributed by atoms with Gasteiger partial charge >= 0.3 is 0 Å². The third kappa shape index (κ3) is 3.62. The molecule has 0 saturated heterocycles. The molecule has 5 nitrogen and oxygen atoms in total. The first-order valence-electron chi connectivity index (χ1n) is 8.65. The number of amides is 1. The smallest absolute Gasteiger partial charge is 0.260 e. The largest absolute Gasteiger partial charge is 0.493 e. The molecule has 1 aliphatic rings. The third-order valence-electron chi connectivity index (χ3n) is 4.74. The van der Waals surface area contributed by atoms with Gasteiger partial charge in [-0.25, -0.2) is 0 Å². The Bertz CT molecular complexity index is 786. The van der Waals surface area contributed by atoms with Crippen LogP contribution < -0.4 is 14.2 Å². The van der Waals surface area contributed by atoms with Crippen LogP contribution in [0.2, 0.25) is 0 Å². The molecule has 2 aromatic rings. The number of fused-ring (bicyclic) bond motifs is 1. The number of methoxy groups -OCH3 is 2. The molecule has 0 fully saturated rings. The maximum Gasteiger partial charge on any atom is 0.260 e. The highest BCUT2D eigenvalue weighted by molar-refractivity contribution is 5.78. The molecule has 26 heavy (non-hydrogen) atoms. The highest BCUT2D eigenvalue weighted by Crippen LogP contribution is 2.40. The lowest BCUT2D eigenvalue weighted by Crippen LogP contribution is -2.46. The third-order valence-corrected chi connectivity index (χ3v) is 4.74. The number of hydrogen-bond acceptors (Lipinski definition) is 4. The Labute approximate surface area is 154 Å². The highest BCUT2D eigenvalue weighted by atomic mass is 16.5. The topological polar surface area (TPSA) is 48.0 Å². The van der Waals surface area contributed by atoms with Crippen molar-refractivity contribution in [2.45, 2.75) is 25.8 Å². The van der Waals surface area contributed by atoms with E-state index in [1.807, 2.05) is 47.4 Å². The van der Waals surface area contributed by atoms with E-state index in [0.717, 1.165) is 5.56 Å². The van der Waals surface area contributed by atoms with Gasteiger partial charge in [0.2, 0.25) is 0 Å². The zero-order chi connectivity index (χ0) is 18.7. The van der Waals surface area contributed by atoms with Crippen LogP contribution in [0.1, 0.15) is 25.0 Å². The second kappa shape index (κ2) is 7.28. The lowest BCUT2D eigenvalue weighted by Gasteiger charge is -2.40. The van der Waals surface area contributed by atoms with Gasteiger partial charge in [-0.05, 0) is 35.4 Å². The van der Waals surface area contributed by atoms with Crippen molar-refractivity contribution < 1.29 is 19.0 Å². The summed E-state index contributed by atoms with van der Waals surface area (Å²) in [4.78, 5) is 14.5. The molecule has 138 valence electrons. The molecule has 1 amide bonds. The second-order valence-corrected chi connectivity index (χ2v) is 7.10. The van der Waals surface area contributed by atoms with Gasteiger partial charge in [-0.3, -0.25) is 4.79 Å². The molecule has 0 aliphatic carbocycles. The second-order valence-electron chi connectivity index (χ2n) is 7.10. The van der Waals surface area contributed by atoms with Gasteiger partial charge in [0.1, 0.15) is 5.75 Å². The molecule has 1 heterocycles. The van der Waals surface area contributed by atoms with Crippen molar-refractivity contribution in [2.75, 3.05) is 27.4 Å². The average molecular weight is 355 g/mol. The fraction of sp³-hybridized carbons (Fsp3) is 0.381. The first-order valence-corrected chi connectivity index (χ1v) is 8.65. The van der Waals surface area contributed by atoms with Gasteiger partial charge in [0, 0.05) is 18.5 Å². The Morgan fingerprint density at radius 2 is 1.73 bits per heavy atom. The van der Waals surface area contributed by atoms with Crippen LogP contribution in [0.5, 0.6) is 17.2 Å². The minimum absolute atomic E-state index is 0.0256. The molecular weight excluding hydrogens is 330 g/mol. The quantitative estimate of drug-likeness (QED) is 0.825. The normalized spacial score (nSPS) is 15.2. The van der Waals surface area contributed by atoms with Gasteiger partial charge in [0.05, 0.1) is 14.2 Å². The fourth-order valence-corrected chi connectivity index (χ4v) is 3.44. The van der Waals surface area contributed by atoms with Gasteiger partial charge < -0.3 is 19.1 Å². The molecule has 5 heteroatoms. The molecule has 2 aromatic carbocycles. The van der Waals surface area contributed by atoms with Gasteiger partial charge in [-0.2, -0.15) is 0 Å². The van der Waals surface area contributed by atoms with E-state index < -0.39 is 0 Å². The minimum atomic E-state index is -0.185. The van der Waals surface area contributed by atoms with Gasteiger partial charge in [0.15, 0.2) is 18.1 Å². The molecule has 3 rings (SSSR count). The van der Waals surface area contributed by atoms with Crippen LogP contribution in [0.25, 0.3) is 0 Å². The summed E-state index contributed by atoms with van der Waals surface area (Å²) < 4.78 is 16.5. The van der Waals surface area contributed by atoms with E-state index in [1.165, 1.54) is 5.56 Å². The van der Waals surface area contributed by atoms with Crippen LogP contribution in [0.3, 0.4) is 0 Å². The minimum Gasteiger partial charge on any atom is -0.493 e. The van der Waals surface area contributed by atoms with Crippen molar-refractivity contribution in [1.82, 2.24) is 4.90 Å². The maximum atomic E-state index is 12.7. The molecule has 0 spiro atoms. The average Bonchev–Trinajstić information content (AvgIpc) is 2.65. The molecule has 0 atom stereocenters. The summed E-state index contributed by atoms with van der Waals surface area (Å²) in [6.45, 7) is 5.47. The number of nitrogens with zero attached hydrogens (tertiary/aromatic N) is 1. The molecular formula is C21H25NO4. The Morgan fingerprint density at radius 1 is 1.08 bits per heavy atom.